The van der Waals surface area contributed by atoms with E-state index >= 15 is 0 Å². The minimum atomic E-state index is -0.203. The van der Waals surface area contributed by atoms with Gasteiger partial charge in [0.05, 0.1) is 0 Å². The fourth-order valence-electron chi connectivity index (χ4n) is 8.85. The first-order valence-corrected chi connectivity index (χ1v) is 18.7. The topological polar surface area (TPSA) is 0 Å². The van der Waals surface area contributed by atoms with Crippen LogP contribution in [0.1, 0.15) is 92.5 Å². The summed E-state index contributed by atoms with van der Waals surface area (Å²) < 4.78 is 0. The molecule has 6 aromatic carbocycles. The Morgan fingerprint density at radius 3 is 1.72 bits per heavy atom. The van der Waals surface area contributed by atoms with E-state index < -0.39 is 0 Å². The third kappa shape index (κ3) is 6.92. The Balaban J connectivity index is 0.00000187. The molecule has 0 heterocycles. The van der Waals surface area contributed by atoms with Gasteiger partial charge in [-0.25, -0.2) is 0 Å². The zero-order chi connectivity index (χ0) is 36.0. The Morgan fingerprint density at radius 1 is 0.685 bits per heavy atom. The first kappa shape index (κ1) is 42.2. The Kier molecular flexibility index (Phi) is 12.2. The standard InChI is InChI=1S/C49H43Cl2.2ClH.Zr/c1-28-25-31-26-39-43(30-15-9-10-16-30)29(2)47(49(6,7)8)46(45(39)38(31)27-40(28)48(3,4)5)44(36-21-11-19-34-32(36)17-13-23-41(34)50)37-22-12-20-35-33(37)18-14-24-42(35)51;;;/h9-15,17-25,27H,16H2,1-8H3;2*1H;/q-1;;;+3/p-2. The van der Waals surface area contributed by atoms with Gasteiger partial charge in [-0.1, -0.05) is 178 Å². The van der Waals surface area contributed by atoms with Gasteiger partial charge in [0.15, 0.2) is 0 Å². The summed E-state index contributed by atoms with van der Waals surface area (Å²) in [5, 5.41) is 10.8. The van der Waals surface area contributed by atoms with Gasteiger partial charge in [-0.2, -0.15) is 0 Å². The normalized spacial score (nSPS) is 13.0. The van der Waals surface area contributed by atoms with Crippen molar-refractivity contribution in [1.82, 2.24) is 0 Å². The molecule has 5 heteroatoms. The van der Waals surface area contributed by atoms with Crippen LogP contribution in [0.5, 0.6) is 0 Å². The van der Waals surface area contributed by atoms with Gasteiger partial charge in [0, 0.05) is 20.8 Å². The number of halogens is 4. The minimum Gasteiger partial charge on any atom is -1.00 e. The Morgan fingerprint density at radius 2 is 1.22 bits per heavy atom. The number of aryl methyl sites for hydroxylation is 1. The molecule has 0 aliphatic heterocycles. The van der Waals surface area contributed by atoms with Crippen molar-refractivity contribution in [3.05, 3.63) is 179 Å². The van der Waals surface area contributed by atoms with Gasteiger partial charge in [-0.05, 0) is 81.5 Å². The van der Waals surface area contributed by atoms with Crippen LogP contribution in [0.15, 0.2) is 103 Å². The van der Waals surface area contributed by atoms with E-state index in [0.717, 1.165) is 54.4 Å². The van der Waals surface area contributed by atoms with Crippen LogP contribution in [-0.4, -0.2) is 0 Å². The Hall–Kier alpha value is -2.90. The Bertz CT molecular complexity index is 2690. The SMILES string of the molecule is Cc1cc2c(cc1C(C)(C)C)=c1c(c(C3=CC=CC3)c(C)c(C(C)(C)C)c1=C(c1cccc3c(Cl)cccc13)c1cccc3c(Cl)cccc13)[C-]=2.[Cl-].[Cl-].[Zr+3]. The van der Waals surface area contributed by atoms with Crippen molar-refractivity contribution in [2.45, 2.75) is 72.6 Å². The second-order valence-electron chi connectivity index (χ2n) is 16.3. The fraction of sp³-hybridized carbons (Fsp3) is 0.224. The molecule has 0 spiro atoms. The van der Waals surface area contributed by atoms with Gasteiger partial charge in [0.1, 0.15) is 0 Å². The number of fused-ring (bicyclic) bond motifs is 4. The van der Waals surface area contributed by atoms with Gasteiger partial charge >= 0.3 is 26.2 Å². The second-order valence-corrected chi connectivity index (χ2v) is 17.1. The van der Waals surface area contributed by atoms with E-state index in [1.165, 1.54) is 60.2 Å². The summed E-state index contributed by atoms with van der Waals surface area (Å²) in [6.07, 6.45) is 11.7. The number of rotatable bonds is 3. The zero-order valence-electron chi connectivity index (χ0n) is 32.0. The van der Waals surface area contributed by atoms with Crippen molar-refractivity contribution in [3.8, 4) is 0 Å². The van der Waals surface area contributed by atoms with E-state index in [4.69, 9.17) is 23.2 Å². The van der Waals surface area contributed by atoms with Gasteiger partial charge in [0.25, 0.3) is 0 Å². The molecule has 0 fully saturated rings. The average Bonchev–Trinajstić information content (AvgIpc) is 3.72. The van der Waals surface area contributed by atoms with Gasteiger partial charge in [-0.15, -0.1) is 33.4 Å². The van der Waals surface area contributed by atoms with Crippen molar-refractivity contribution in [2.75, 3.05) is 0 Å². The molecule has 8 rings (SSSR count). The number of hydrogen-bond acceptors (Lipinski definition) is 0. The quantitative estimate of drug-likeness (QED) is 0.180. The van der Waals surface area contributed by atoms with Crippen molar-refractivity contribution in [2.24, 2.45) is 0 Å². The van der Waals surface area contributed by atoms with Gasteiger partial charge in [-0.3, -0.25) is 0 Å². The monoisotopic (exact) mass is 861 g/mol. The summed E-state index contributed by atoms with van der Waals surface area (Å²) in [6, 6.07) is 30.5. The van der Waals surface area contributed by atoms with Gasteiger partial charge < -0.3 is 24.8 Å². The van der Waals surface area contributed by atoms with Crippen LogP contribution in [-0.2, 0) is 37.0 Å². The summed E-state index contributed by atoms with van der Waals surface area (Å²) >= 11 is 13.9. The maximum Gasteiger partial charge on any atom is 3.00 e. The molecule has 0 nitrogen and oxygen atoms in total. The van der Waals surface area contributed by atoms with E-state index in [-0.39, 0.29) is 61.8 Å². The summed E-state index contributed by atoms with van der Waals surface area (Å²) in [4.78, 5) is 0. The van der Waals surface area contributed by atoms with Crippen LogP contribution >= 0.6 is 23.2 Å². The van der Waals surface area contributed by atoms with Crippen LogP contribution < -0.4 is 35.3 Å². The average molecular weight is 865 g/mol. The molecule has 0 amide bonds. The maximum absolute atomic E-state index is 6.95. The number of benzene rings is 6. The van der Waals surface area contributed by atoms with Crippen LogP contribution in [0.4, 0.5) is 0 Å². The van der Waals surface area contributed by atoms with Crippen LogP contribution in [0, 0.1) is 24.3 Å². The number of hydrogen-bond donors (Lipinski definition) is 0. The molecule has 0 N–H and O–H groups in total. The molecule has 0 unspecified atom stereocenters. The summed E-state index contributed by atoms with van der Waals surface area (Å²) in [5.41, 5.74) is 12.5. The first-order chi connectivity index (χ1) is 24.3. The van der Waals surface area contributed by atoms with E-state index in [2.05, 4.69) is 152 Å². The predicted molar refractivity (Wildman–Crippen MR) is 220 cm³/mol. The third-order valence-corrected chi connectivity index (χ3v) is 11.5. The Labute approximate surface area is 361 Å². The molecule has 54 heavy (non-hydrogen) atoms. The molecule has 1 radical (unpaired) electrons. The predicted octanol–water partition coefficient (Wildman–Crippen LogP) is 6.41. The molecule has 2 aliphatic rings. The van der Waals surface area contributed by atoms with E-state index in [1.807, 2.05) is 12.1 Å². The molecule has 0 bridgehead atoms. The molecular formula is C49H43Cl4Zr. The van der Waals surface area contributed by atoms with E-state index in [0.29, 0.717) is 0 Å². The molecule has 0 aromatic heterocycles. The summed E-state index contributed by atoms with van der Waals surface area (Å²) in [5.74, 6) is 0. The molecule has 0 atom stereocenters. The van der Waals surface area contributed by atoms with Crippen LogP contribution in [0.25, 0.3) is 38.8 Å². The maximum atomic E-state index is 6.95. The van der Waals surface area contributed by atoms with E-state index in [9.17, 15) is 0 Å². The van der Waals surface area contributed by atoms with Crippen LogP contribution in [0.3, 0.4) is 0 Å². The molecule has 0 saturated carbocycles. The second kappa shape index (κ2) is 15.6. The first-order valence-electron chi connectivity index (χ1n) is 18.0. The van der Waals surface area contributed by atoms with E-state index in [1.54, 1.807) is 0 Å². The fourth-order valence-corrected chi connectivity index (χ4v) is 9.32. The molecule has 271 valence electrons. The molecule has 2 aliphatic carbocycles. The zero-order valence-corrected chi connectivity index (χ0v) is 37.5. The molecular weight excluding hydrogens is 822 g/mol. The summed E-state index contributed by atoms with van der Waals surface area (Å²) in [7, 11) is 0. The summed E-state index contributed by atoms with van der Waals surface area (Å²) in [6.45, 7) is 18.7. The van der Waals surface area contributed by atoms with Crippen molar-refractivity contribution in [3.63, 3.8) is 0 Å². The van der Waals surface area contributed by atoms with Gasteiger partial charge in [0.2, 0.25) is 0 Å². The van der Waals surface area contributed by atoms with Crippen molar-refractivity contribution < 1.29 is 51.0 Å². The smallest absolute Gasteiger partial charge is 1.00 e. The third-order valence-electron chi connectivity index (χ3n) is 10.8. The molecule has 6 aromatic rings. The number of allylic oxidation sites excluding steroid dienone is 4. The van der Waals surface area contributed by atoms with Crippen molar-refractivity contribution >= 4 is 62.0 Å². The van der Waals surface area contributed by atoms with Crippen LogP contribution in [0.2, 0.25) is 10.0 Å². The minimum absolute atomic E-state index is 0. The molecule has 0 saturated heterocycles. The largest absolute Gasteiger partial charge is 3.00 e. The van der Waals surface area contributed by atoms with Crippen molar-refractivity contribution in [1.29, 1.82) is 0 Å².